The largest absolute Gasteiger partial charge is 0.462 e. The highest BCUT2D eigenvalue weighted by atomic mass is 16.5. The molecule has 0 radical (unpaired) electrons. The fourth-order valence-corrected chi connectivity index (χ4v) is 10.6. The number of fused-ring (bicyclic) bond motifs is 7. The molecule has 5 saturated carbocycles. The second-order valence-electron chi connectivity index (χ2n) is 14.7. The van der Waals surface area contributed by atoms with Crippen LogP contribution >= 0.6 is 0 Å². The van der Waals surface area contributed by atoms with Crippen LogP contribution in [0.15, 0.2) is 0 Å². The smallest absolute Gasteiger partial charge is 0.306 e. The Morgan fingerprint density at radius 1 is 0.882 bits per heavy atom. The van der Waals surface area contributed by atoms with Gasteiger partial charge in [0.2, 0.25) is 0 Å². The SMILES string of the molecule is CC1C(OC(=O)CC(C)(C)CC=O)CCC2(C)C1CCC1C3CCC4(C)CCCC4C3CCC12. The highest BCUT2D eigenvalue weighted by Gasteiger charge is 2.60. The van der Waals surface area contributed by atoms with Crippen LogP contribution in [0.4, 0.5) is 0 Å². The Morgan fingerprint density at radius 3 is 2.32 bits per heavy atom. The monoisotopic (exact) mass is 470 g/mol. The van der Waals surface area contributed by atoms with E-state index in [-0.39, 0.29) is 17.5 Å². The van der Waals surface area contributed by atoms with Crippen molar-refractivity contribution >= 4 is 12.3 Å². The van der Waals surface area contributed by atoms with Gasteiger partial charge in [0.25, 0.3) is 0 Å². The second-order valence-corrected chi connectivity index (χ2v) is 14.7. The fourth-order valence-electron chi connectivity index (χ4n) is 10.6. The van der Waals surface area contributed by atoms with Gasteiger partial charge in [-0.25, -0.2) is 0 Å². The summed E-state index contributed by atoms with van der Waals surface area (Å²) >= 11 is 0. The van der Waals surface area contributed by atoms with Gasteiger partial charge in [-0.05, 0) is 122 Å². The average molecular weight is 471 g/mol. The summed E-state index contributed by atoms with van der Waals surface area (Å²) in [6, 6.07) is 0. The molecular formula is C31H50O3. The average Bonchev–Trinajstić information content (AvgIpc) is 3.17. The molecule has 0 spiro atoms. The lowest BCUT2D eigenvalue weighted by Crippen LogP contribution is -2.57. The van der Waals surface area contributed by atoms with Gasteiger partial charge in [0.15, 0.2) is 0 Å². The number of ether oxygens (including phenoxy) is 1. The van der Waals surface area contributed by atoms with Crippen LogP contribution in [0, 0.1) is 57.7 Å². The van der Waals surface area contributed by atoms with Crippen LogP contribution in [0.25, 0.3) is 0 Å². The van der Waals surface area contributed by atoms with Crippen LogP contribution in [-0.4, -0.2) is 18.4 Å². The predicted octanol–water partition coefficient (Wildman–Crippen LogP) is 7.61. The van der Waals surface area contributed by atoms with Gasteiger partial charge in [0.05, 0.1) is 6.42 Å². The third-order valence-corrected chi connectivity index (χ3v) is 12.4. The minimum Gasteiger partial charge on any atom is -0.462 e. The number of carbonyl (C=O) groups excluding carboxylic acids is 2. The normalized spacial score (nSPS) is 48.1. The summed E-state index contributed by atoms with van der Waals surface area (Å²) in [6.07, 6.45) is 17.1. The standard InChI is InChI=1S/C31H50O3/c1-20-24-10-8-23-21-12-15-30(4)14-6-7-25(30)22(21)9-11-26(23)31(24,5)16-13-27(20)34-28(33)19-29(2,3)17-18-32/h18,20-27H,6-17,19H2,1-5H3. The van der Waals surface area contributed by atoms with Crippen molar-refractivity contribution in [3.05, 3.63) is 0 Å². The van der Waals surface area contributed by atoms with Crippen molar-refractivity contribution in [1.82, 2.24) is 0 Å². The van der Waals surface area contributed by atoms with Gasteiger partial charge in [-0.3, -0.25) is 4.79 Å². The quantitative estimate of drug-likeness (QED) is 0.307. The number of hydrogen-bond donors (Lipinski definition) is 0. The molecule has 0 amide bonds. The van der Waals surface area contributed by atoms with Crippen LogP contribution in [0.5, 0.6) is 0 Å². The molecule has 0 heterocycles. The summed E-state index contributed by atoms with van der Waals surface area (Å²) in [5.74, 6) is 5.84. The van der Waals surface area contributed by atoms with E-state index in [0.717, 1.165) is 42.3 Å². The number of esters is 1. The Balaban J connectivity index is 1.26. The van der Waals surface area contributed by atoms with Crippen molar-refractivity contribution in [3.63, 3.8) is 0 Å². The Hall–Kier alpha value is -0.860. The molecule has 0 N–H and O–H groups in total. The van der Waals surface area contributed by atoms with Gasteiger partial charge in [0, 0.05) is 6.42 Å². The molecule has 34 heavy (non-hydrogen) atoms. The van der Waals surface area contributed by atoms with Gasteiger partial charge in [-0.1, -0.05) is 41.0 Å². The summed E-state index contributed by atoms with van der Waals surface area (Å²) in [6.45, 7) is 11.6. The third-order valence-electron chi connectivity index (χ3n) is 12.4. The van der Waals surface area contributed by atoms with Crippen molar-refractivity contribution in [1.29, 1.82) is 0 Å². The van der Waals surface area contributed by atoms with E-state index in [4.69, 9.17) is 4.74 Å². The van der Waals surface area contributed by atoms with Crippen LogP contribution in [0.3, 0.4) is 0 Å². The number of carbonyl (C=O) groups is 2. The summed E-state index contributed by atoms with van der Waals surface area (Å²) in [7, 11) is 0. The molecule has 0 saturated heterocycles. The van der Waals surface area contributed by atoms with Crippen molar-refractivity contribution in [3.8, 4) is 0 Å². The van der Waals surface area contributed by atoms with Crippen LogP contribution in [0.1, 0.15) is 118 Å². The van der Waals surface area contributed by atoms with Crippen molar-refractivity contribution < 1.29 is 14.3 Å². The Kier molecular flexibility index (Phi) is 6.50. The number of hydrogen-bond acceptors (Lipinski definition) is 3. The van der Waals surface area contributed by atoms with Gasteiger partial charge in [-0.2, -0.15) is 0 Å². The van der Waals surface area contributed by atoms with E-state index in [1.807, 2.05) is 13.8 Å². The van der Waals surface area contributed by atoms with Gasteiger partial charge in [0.1, 0.15) is 12.4 Å². The lowest BCUT2D eigenvalue weighted by Gasteiger charge is -2.63. The van der Waals surface area contributed by atoms with Crippen molar-refractivity contribution in [2.24, 2.45) is 57.7 Å². The molecule has 10 atom stereocenters. The first-order chi connectivity index (χ1) is 16.1. The minimum absolute atomic E-state index is 0.0550. The molecule has 0 aliphatic heterocycles. The highest BCUT2D eigenvalue weighted by molar-refractivity contribution is 5.71. The third kappa shape index (κ3) is 4.09. The molecule has 5 rings (SSSR count). The van der Waals surface area contributed by atoms with E-state index in [9.17, 15) is 9.59 Å². The molecule has 0 aromatic heterocycles. The lowest BCUT2D eigenvalue weighted by atomic mass is 9.42. The van der Waals surface area contributed by atoms with Crippen LogP contribution in [0.2, 0.25) is 0 Å². The zero-order chi connectivity index (χ0) is 24.3. The summed E-state index contributed by atoms with van der Waals surface area (Å²) in [5, 5.41) is 0. The number of aldehydes is 1. The Bertz CT molecular complexity index is 788. The Morgan fingerprint density at radius 2 is 1.59 bits per heavy atom. The Labute approximate surface area is 208 Å². The lowest BCUT2D eigenvalue weighted by molar-refractivity contribution is -0.177. The zero-order valence-corrected chi connectivity index (χ0v) is 22.6. The maximum Gasteiger partial charge on any atom is 0.306 e. The molecule has 0 bridgehead atoms. The van der Waals surface area contributed by atoms with Crippen LogP contribution in [-0.2, 0) is 14.3 Å². The minimum atomic E-state index is -0.308. The molecule has 5 aliphatic carbocycles. The van der Waals surface area contributed by atoms with E-state index in [0.29, 0.717) is 35.5 Å². The summed E-state index contributed by atoms with van der Waals surface area (Å²) < 4.78 is 6.11. The fraction of sp³-hybridized carbons (Fsp3) is 0.935. The van der Waals surface area contributed by atoms with E-state index in [1.54, 1.807) is 0 Å². The first kappa shape index (κ1) is 24.8. The van der Waals surface area contributed by atoms with E-state index < -0.39 is 0 Å². The van der Waals surface area contributed by atoms with Crippen molar-refractivity contribution in [2.75, 3.05) is 0 Å². The molecule has 3 heteroatoms. The maximum absolute atomic E-state index is 12.8. The second kappa shape index (κ2) is 8.91. The van der Waals surface area contributed by atoms with Crippen LogP contribution < -0.4 is 0 Å². The van der Waals surface area contributed by atoms with E-state index in [2.05, 4.69) is 20.8 Å². The molecular weight excluding hydrogens is 420 g/mol. The maximum atomic E-state index is 12.8. The molecule has 5 fully saturated rings. The highest BCUT2D eigenvalue weighted by Crippen LogP contribution is 2.67. The molecule has 0 aromatic rings. The van der Waals surface area contributed by atoms with Gasteiger partial charge >= 0.3 is 5.97 Å². The molecule has 0 aromatic carbocycles. The van der Waals surface area contributed by atoms with E-state index >= 15 is 0 Å². The van der Waals surface area contributed by atoms with Gasteiger partial charge < -0.3 is 9.53 Å². The summed E-state index contributed by atoms with van der Waals surface area (Å²) in [5.41, 5.74) is 0.770. The molecule has 192 valence electrons. The molecule has 3 nitrogen and oxygen atoms in total. The first-order valence-electron chi connectivity index (χ1n) is 14.7. The van der Waals surface area contributed by atoms with Crippen molar-refractivity contribution in [2.45, 2.75) is 124 Å². The molecule has 5 aliphatic rings. The zero-order valence-electron chi connectivity index (χ0n) is 22.6. The first-order valence-corrected chi connectivity index (χ1v) is 14.7. The summed E-state index contributed by atoms with van der Waals surface area (Å²) in [4.78, 5) is 23.7. The molecule has 10 unspecified atom stereocenters. The predicted molar refractivity (Wildman–Crippen MR) is 136 cm³/mol. The van der Waals surface area contributed by atoms with Gasteiger partial charge in [-0.15, -0.1) is 0 Å². The topological polar surface area (TPSA) is 43.4 Å². The number of rotatable bonds is 5. The van der Waals surface area contributed by atoms with E-state index in [1.165, 1.54) is 64.2 Å².